The van der Waals surface area contributed by atoms with Crippen molar-refractivity contribution in [1.82, 2.24) is 35.6 Å². The van der Waals surface area contributed by atoms with Gasteiger partial charge in [0, 0.05) is 101 Å². The van der Waals surface area contributed by atoms with Crippen LogP contribution in [-0.2, 0) is 60.7 Å². The molecule has 2 aliphatic rings. The van der Waals surface area contributed by atoms with Gasteiger partial charge in [0.25, 0.3) is 17.7 Å². The number of ether oxygens (including phenoxy) is 1. The van der Waals surface area contributed by atoms with Crippen LogP contribution in [-0.4, -0.2) is 148 Å². The Kier molecular flexibility index (Phi) is 29.2. The van der Waals surface area contributed by atoms with E-state index in [0.717, 1.165) is 47.6 Å². The van der Waals surface area contributed by atoms with Gasteiger partial charge in [-0.2, -0.15) is 0 Å². The van der Waals surface area contributed by atoms with Crippen molar-refractivity contribution in [2.75, 3.05) is 34.2 Å². The van der Waals surface area contributed by atoms with E-state index in [2.05, 4.69) is 25.8 Å². The first kappa shape index (κ1) is 70.8. The maximum Gasteiger partial charge on any atom is 0.407 e. The molecule has 0 bridgehead atoms. The quantitative estimate of drug-likeness (QED) is 0.0325. The largest absolute Gasteiger partial charge is 0.481 e. The molecule has 0 aliphatic carbocycles. The van der Waals surface area contributed by atoms with Crippen molar-refractivity contribution in [3.63, 3.8) is 0 Å². The third kappa shape index (κ3) is 22.6. The van der Waals surface area contributed by atoms with Gasteiger partial charge in [-0.1, -0.05) is 98.4 Å². The molecule has 21 nitrogen and oxygen atoms in total. The summed E-state index contributed by atoms with van der Waals surface area (Å²) in [6, 6.07) is 4.75. The first-order chi connectivity index (χ1) is 40.2. The number of nitrogens with zero attached hydrogens (tertiary/aromatic N) is 4. The first-order valence-corrected chi connectivity index (χ1v) is 31.2. The Hall–Kier alpha value is -6.68. The van der Waals surface area contributed by atoms with E-state index in [9.17, 15) is 57.8 Å². The number of likely N-dealkylation sites (tertiary alicyclic amines) is 1. The van der Waals surface area contributed by atoms with Crippen molar-refractivity contribution in [1.29, 1.82) is 0 Å². The van der Waals surface area contributed by atoms with Crippen LogP contribution in [0.15, 0.2) is 41.8 Å². The number of carboxylic acid groups (broad SMARTS) is 1. The van der Waals surface area contributed by atoms with Crippen LogP contribution in [0, 0.1) is 35.5 Å². The summed E-state index contributed by atoms with van der Waals surface area (Å²) in [5, 5.41) is 20.1. The minimum atomic E-state index is -1.05. The Bertz CT molecular complexity index is 2640. The van der Waals surface area contributed by atoms with Crippen LogP contribution in [0.1, 0.15) is 184 Å². The number of carbonyl (C=O) groups excluding carboxylic acids is 10. The maximum atomic E-state index is 14.5. The van der Waals surface area contributed by atoms with Crippen molar-refractivity contribution >= 4 is 76.2 Å². The molecule has 0 saturated carbocycles. The molecule has 9 atom stereocenters. The first-order valence-electron chi connectivity index (χ1n) is 30.4. The summed E-state index contributed by atoms with van der Waals surface area (Å²) in [6.07, 6.45) is 7.68. The number of amides is 7. The van der Waals surface area contributed by atoms with E-state index in [0.29, 0.717) is 49.1 Å². The average molecular weight is 1200 g/mol. The fourth-order valence-corrected chi connectivity index (χ4v) is 12.0. The maximum absolute atomic E-state index is 14.5. The van der Waals surface area contributed by atoms with Gasteiger partial charge in [-0.25, -0.2) is 9.78 Å². The van der Waals surface area contributed by atoms with E-state index >= 15 is 0 Å². The molecule has 470 valence electrons. The number of carbonyl (C=O) groups is 11. The number of Topliss-reactive ketones (excluding diaryl/α,β-unsaturated/α-hetero) is 3. The lowest BCUT2D eigenvalue weighted by atomic mass is 9.83. The SMILES string of the molecule is CC[C@H](C)[C@H](CC(=O)[C@H]1CCCCN1C)C(=O)N(C)[C@H](C[C@@H](OC(=O)NC)c1nc(C(=O)N[C@@H](Cc2ccc(CC(=O)[C@H](CCCCC(N)=O)NC(=O)[C@@H](CC(=O)CCCCCN3C(=O)C=CC3=O)C(C)C)cc2)C[C@H](C)C(=O)O)cs1)C(C)C. The van der Waals surface area contributed by atoms with Crippen molar-refractivity contribution in [3.8, 4) is 0 Å². The van der Waals surface area contributed by atoms with Gasteiger partial charge in [0.2, 0.25) is 17.7 Å². The summed E-state index contributed by atoms with van der Waals surface area (Å²) in [5.74, 6) is -6.33. The van der Waals surface area contributed by atoms with Crippen LogP contribution in [0.5, 0.6) is 0 Å². The number of primary amides is 1. The molecule has 85 heavy (non-hydrogen) atoms. The minimum absolute atomic E-state index is 0.0151. The number of nitrogens with two attached hydrogens (primary N) is 1. The number of ketones is 3. The minimum Gasteiger partial charge on any atom is -0.481 e. The second-order valence-electron chi connectivity index (χ2n) is 24.0. The number of imide groups is 1. The number of rotatable bonds is 38. The normalized spacial score (nSPS) is 17.3. The second kappa shape index (κ2) is 35.1. The molecule has 1 saturated heterocycles. The lowest BCUT2D eigenvalue weighted by molar-refractivity contribution is -0.143. The van der Waals surface area contributed by atoms with Gasteiger partial charge in [-0.05, 0) is 93.8 Å². The molecule has 4 rings (SSSR count). The van der Waals surface area contributed by atoms with Gasteiger partial charge in [-0.3, -0.25) is 57.7 Å². The molecule has 1 aromatic carbocycles. The molecule has 22 heteroatoms. The Morgan fingerprint density at radius 2 is 1.49 bits per heavy atom. The lowest BCUT2D eigenvalue weighted by Gasteiger charge is -2.37. The van der Waals surface area contributed by atoms with Gasteiger partial charge < -0.3 is 36.4 Å². The molecule has 3 heterocycles. The van der Waals surface area contributed by atoms with E-state index in [4.69, 9.17) is 10.5 Å². The van der Waals surface area contributed by atoms with E-state index in [-0.39, 0.29) is 129 Å². The monoisotopic (exact) mass is 1200 g/mol. The van der Waals surface area contributed by atoms with Crippen molar-refractivity contribution in [2.45, 2.75) is 194 Å². The molecule has 0 radical (unpaired) electrons. The number of thiazole rings is 1. The average Bonchev–Trinajstić information content (AvgIpc) is 4.31. The molecule has 1 fully saturated rings. The number of likely N-dealkylation sites (N-methyl/N-ethyl adjacent to an activating group) is 1. The zero-order valence-corrected chi connectivity index (χ0v) is 52.5. The highest BCUT2D eigenvalue weighted by Gasteiger charge is 2.38. The molecule has 2 aromatic rings. The van der Waals surface area contributed by atoms with Crippen LogP contribution in [0.4, 0.5) is 4.79 Å². The molecular formula is C63H94N8O13S. The Morgan fingerprint density at radius 3 is 2.09 bits per heavy atom. The molecule has 1 aromatic heterocycles. The standard InChI is InChI=1S/C63H94N8O13S/c1-11-40(6)47(35-53(74)50-21-16-18-29-69(50)9)61(80)70(10)51(39(4)5)36-54(84-63(83)65-8)60-68-49(37-85-60)59(79)66-44(31-41(7)62(81)82)32-42-23-25-43(26-24-42)33-52(73)48(20-14-15-22-55(64)75)67-58(78)46(38(2)3)34-45(72)19-13-12-17-30-71-56(76)27-28-57(71)77/h23-28,37-41,44,46-48,50-51,54H,11-22,29-36H2,1-10H3,(H2,64,75)(H,65,83)(H,66,79)(H,67,78)(H,81,82)/t40-,41-,44+,46-,47-,48-,50+,51+,54+/m0/s1. The van der Waals surface area contributed by atoms with Gasteiger partial charge in [0.05, 0.1) is 18.0 Å². The number of carboxylic acids is 1. The topological polar surface area (TPSA) is 302 Å². The zero-order chi connectivity index (χ0) is 63.1. The number of aliphatic carboxylic acids is 1. The Morgan fingerprint density at radius 1 is 0.835 bits per heavy atom. The van der Waals surface area contributed by atoms with Crippen molar-refractivity contribution in [2.24, 2.45) is 41.2 Å². The van der Waals surface area contributed by atoms with Gasteiger partial charge >= 0.3 is 12.1 Å². The van der Waals surface area contributed by atoms with Crippen molar-refractivity contribution < 1.29 is 62.6 Å². The van der Waals surface area contributed by atoms with E-state index in [1.807, 2.05) is 48.6 Å². The van der Waals surface area contributed by atoms with Crippen LogP contribution in [0.3, 0.4) is 0 Å². The van der Waals surface area contributed by atoms with Crippen LogP contribution < -0.4 is 21.7 Å². The fourth-order valence-electron chi connectivity index (χ4n) is 11.1. The third-order valence-corrected chi connectivity index (χ3v) is 17.7. The number of hydrogen-bond donors (Lipinski definition) is 5. The highest BCUT2D eigenvalue weighted by Crippen LogP contribution is 2.33. The zero-order valence-electron chi connectivity index (χ0n) is 51.7. The predicted octanol–water partition coefficient (Wildman–Crippen LogP) is 7.33. The number of benzene rings is 1. The molecule has 2 aliphatic heterocycles. The van der Waals surface area contributed by atoms with Gasteiger partial charge in [-0.15, -0.1) is 11.3 Å². The highest BCUT2D eigenvalue weighted by atomic mass is 32.1. The van der Waals surface area contributed by atoms with Gasteiger partial charge in [0.15, 0.2) is 17.7 Å². The number of nitrogens with one attached hydrogen (secondary N) is 3. The van der Waals surface area contributed by atoms with Crippen LogP contribution in [0.25, 0.3) is 0 Å². The summed E-state index contributed by atoms with van der Waals surface area (Å²) in [5.41, 5.74) is 6.75. The molecule has 7 amide bonds. The van der Waals surface area contributed by atoms with Gasteiger partial charge in [0.1, 0.15) is 16.5 Å². The predicted molar refractivity (Wildman–Crippen MR) is 323 cm³/mol. The summed E-state index contributed by atoms with van der Waals surface area (Å²) < 4.78 is 5.89. The summed E-state index contributed by atoms with van der Waals surface area (Å²) in [6.45, 7) is 14.2. The number of unbranched alkanes of at least 4 members (excludes halogenated alkanes) is 3. The van der Waals surface area contributed by atoms with Crippen molar-refractivity contribution in [3.05, 3.63) is 63.6 Å². The van der Waals surface area contributed by atoms with E-state index in [1.54, 1.807) is 43.1 Å². The number of piperidine rings is 1. The summed E-state index contributed by atoms with van der Waals surface area (Å²) in [7, 11) is 5.10. The van der Waals surface area contributed by atoms with E-state index in [1.165, 1.54) is 24.6 Å². The van der Waals surface area contributed by atoms with Crippen LogP contribution in [0.2, 0.25) is 0 Å². The Balaban J connectivity index is 1.46. The molecular weight excluding hydrogens is 1110 g/mol. The number of hydrogen-bond acceptors (Lipinski definition) is 15. The lowest BCUT2D eigenvalue weighted by Crippen LogP contribution is -2.48. The van der Waals surface area contributed by atoms with Crippen LogP contribution >= 0.6 is 11.3 Å². The molecule has 0 unspecified atom stereocenters. The Labute approximate surface area is 505 Å². The summed E-state index contributed by atoms with van der Waals surface area (Å²) in [4.78, 5) is 153. The molecule has 6 N–H and O–H groups in total. The van der Waals surface area contributed by atoms with E-state index < -0.39 is 71.8 Å². The number of alkyl carbamates (subject to hydrolysis) is 1. The summed E-state index contributed by atoms with van der Waals surface area (Å²) >= 11 is 1.11. The fraction of sp³-hybridized carbons (Fsp3) is 0.651. The highest BCUT2D eigenvalue weighted by molar-refractivity contribution is 7.09. The molecule has 0 spiro atoms. The second-order valence-corrected chi connectivity index (χ2v) is 24.9. The third-order valence-electron chi connectivity index (χ3n) is 16.7. The smallest absolute Gasteiger partial charge is 0.407 e. The number of aromatic nitrogens is 1.